The molecule has 3 heterocycles. The van der Waals surface area contributed by atoms with E-state index in [1.165, 1.54) is 0 Å². The second-order valence-corrected chi connectivity index (χ2v) is 12.1. The number of benzene rings is 1. The van der Waals surface area contributed by atoms with E-state index in [2.05, 4.69) is 36.1 Å². The van der Waals surface area contributed by atoms with Crippen molar-refractivity contribution >= 4 is 58.5 Å². The molecule has 2 aromatic heterocycles. The number of carbonyl (C=O) groups is 3. The number of hydrogen-bond donors (Lipinski definition) is 3. The molecule has 1 saturated carbocycles. The van der Waals surface area contributed by atoms with Crippen molar-refractivity contribution in [3.63, 3.8) is 0 Å². The summed E-state index contributed by atoms with van der Waals surface area (Å²) in [6, 6.07) is 8.84. The predicted molar refractivity (Wildman–Crippen MR) is 171 cm³/mol. The molecule has 0 radical (unpaired) electrons. The van der Waals surface area contributed by atoms with Crippen molar-refractivity contribution in [2.75, 3.05) is 51.0 Å². The fourth-order valence-corrected chi connectivity index (χ4v) is 4.86. The lowest BCUT2D eigenvalue weighted by atomic mass is 9.49. The van der Waals surface area contributed by atoms with Crippen molar-refractivity contribution in [2.45, 2.75) is 18.1 Å². The van der Waals surface area contributed by atoms with E-state index in [0.29, 0.717) is 47.2 Å². The number of amides is 3. The topological polar surface area (TPSA) is 147 Å². The third kappa shape index (κ3) is 7.02. The molecule has 1 aliphatic carbocycles. The van der Waals surface area contributed by atoms with E-state index in [-0.39, 0.29) is 29.2 Å². The van der Waals surface area contributed by atoms with Gasteiger partial charge in [-0.1, -0.05) is 6.07 Å². The maximum atomic E-state index is 13.3. The summed E-state index contributed by atoms with van der Waals surface area (Å²) in [5, 5.41) is 21.4. The lowest BCUT2D eigenvalue weighted by molar-refractivity contribution is -0.117. The van der Waals surface area contributed by atoms with Crippen LogP contribution in [0.25, 0.3) is 11.3 Å². The second kappa shape index (κ2) is 12.1. The van der Waals surface area contributed by atoms with Gasteiger partial charge in [0.2, 0.25) is 5.91 Å². The molecule has 0 atom stereocenters. The fourth-order valence-electron chi connectivity index (χ4n) is 4.86. The Morgan fingerprint density at radius 3 is 2.37 bits per heavy atom. The van der Waals surface area contributed by atoms with Crippen LogP contribution in [0.4, 0.5) is 17.2 Å². The van der Waals surface area contributed by atoms with Crippen LogP contribution in [0.3, 0.4) is 0 Å². The van der Waals surface area contributed by atoms with Crippen LogP contribution in [0.1, 0.15) is 33.8 Å². The molecule has 0 unspecified atom stereocenters. The quantitative estimate of drug-likeness (QED) is 0.259. The van der Waals surface area contributed by atoms with Gasteiger partial charge in [0, 0.05) is 50.8 Å². The molecule has 5 rings (SSSR count). The highest BCUT2D eigenvalue weighted by molar-refractivity contribution is 6.60. The molecule has 0 bridgehead atoms. The first-order chi connectivity index (χ1) is 20.4. The number of aryl methyl sites for hydroxylation is 1. The summed E-state index contributed by atoms with van der Waals surface area (Å²) in [5.74, 6) is 0.0598. The van der Waals surface area contributed by atoms with Gasteiger partial charge in [0.05, 0.1) is 24.2 Å². The number of piperazine rings is 1. The standard InChI is InChI=1S/C27H36B3N9O4/c1-37-9-11-39(12-10-37)26(42)20-13-18(36-38(20)2)16-5-4-6-17(23(16)43-3)31-19-14-21(32-24(40)15-7-8-15)34-35-22(19)25(41)33-27(28,29)30/h4-6,13-15H,7-12,28-30H2,1-3H3,(H,33,41)(H2,31,32,34,40). The lowest BCUT2D eigenvalue weighted by Crippen LogP contribution is -2.50. The van der Waals surface area contributed by atoms with Gasteiger partial charge < -0.3 is 30.5 Å². The zero-order chi connectivity index (χ0) is 30.9. The molecule has 2 fully saturated rings. The molecule has 222 valence electrons. The average Bonchev–Trinajstić information content (AvgIpc) is 3.74. The highest BCUT2D eigenvalue weighted by atomic mass is 16.5. The smallest absolute Gasteiger partial charge is 0.272 e. The van der Waals surface area contributed by atoms with Crippen molar-refractivity contribution in [2.24, 2.45) is 13.0 Å². The fraction of sp³-hybridized carbons (Fsp3) is 0.407. The highest BCUT2D eigenvalue weighted by Gasteiger charge is 2.31. The monoisotopic (exact) mass is 583 g/mol. The first-order valence-corrected chi connectivity index (χ1v) is 14.4. The zero-order valence-corrected chi connectivity index (χ0v) is 25.5. The minimum absolute atomic E-state index is 0.0229. The molecule has 16 heteroatoms. The number of hydrogen-bond acceptors (Lipinski definition) is 9. The summed E-state index contributed by atoms with van der Waals surface area (Å²) in [7, 11) is 11.0. The molecule has 3 amide bonds. The van der Waals surface area contributed by atoms with Crippen LogP contribution < -0.4 is 20.7 Å². The number of aromatic nitrogens is 4. The van der Waals surface area contributed by atoms with Gasteiger partial charge in [0.15, 0.2) is 17.3 Å². The Hall–Kier alpha value is -4.33. The van der Waals surface area contributed by atoms with Gasteiger partial charge in [-0.3, -0.25) is 19.1 Å². The molecule has 1 aromatic carbocycles. The third-order valence-corrected chi connectivity index (χ3v) is 7.35. The van der Waals surface area contributed by atoms with Crippen molar-refractivity contribution < 1.29 is 19.1 Å². The molecule has 3 N–H and O–H groups in total. The van der Waals surface area contributed by atoms with Crippen molar-refractivity contribution in [3.05, 3.63) is 41.7 Å². The van der Waals surface area contributed by atoms with Gasteiger partial charge in [0.25, 0.3) is 11.8 Å². The summed E-state index contributed by atoms with van der Waals surface area (Å²) < 4.78 is 7.43. The largest absolute Gasteiger partial charge is 0.494 e. The molecule has 2 aliphatic rings. The van der Waals surface area contributed by atoms with Crippen molar-refractivity contribution in [1.29, 1.82) is 0 Å². The first kappa shape index (κ1) is 30.1. The van der Waals surface area contributed by atoms with Gasteiger partial charge in [-0.25, -0.2) is 0 Å². The summed E-state index contributed by atoms with van der Waals surface area (Å²) in [5.41, 5.74) is 2.64. The van der Waals surface area contributed by atoms with Gasteiger partial charge in [0.1, 0.15) is 29.2 Å². The SMILES string of the molecule is BC(B)(B)NC(=O)c1nnc(NC(=O)C2CC2)cc1Nc1cccc(-c2cc(C(=O)N3CCN(C)CC3)n(C)n2)c1OC. The Morgan fingerprint density at radius 2 is 1.72 bits per heavy atom. The number of nitrogens with one attached hydrogen (secondary N) is 3. The predicted octanol–water partition coefficient (Wildman–Crippen LogP) is -1.39. The number of anilines is 3. The molecule has 1 saturated heterocycles. The van der Waals surface area contributed by atoms with E-state index in [0.717, 1.165) is 25.9 Å². The van der Waals surface area contributed by atoms with E-state index in [4.69, 9.17) is 4.74 Å². The van der Waals surface area contributed by atoms with Gasteiger partial charge in [-0.2, -0.15) is 5.10 Å². The van der Waals surface area contributed by atoms with Gasteiger partial charge >= 0.3 is 0 Å². The van der Waals surface area contributed by atoms with E-state index >= 15 is 0 Å². The first-order valence-electron chi connectivity index (χ1n) is 14.4. The minimum atomic E-state index is -0.509. The minimum Gasteiger partial charge on any atom is -0.494 e. The van der Waals surface area contributed by atoms with Crippen LogP contribution in [0, 0.1) is 5.92 Å². The number of nitrogens with zero attached hydrogens (tertiary/aromatic N) is 6. The van der Waals surface area contributed by atoms with E-state index < -0.39 is 11.1 Å². The van der Waals surface area contributed by atoms with Gasteiger partial charge in [-0.15, -0.1) is 10.2 Å². The summed E-state index contributed by atoms with van der Waals surface area (Å²) in [6.45, 7) is 2.96. The summed E-state index contributed by atoms with van der Waals surface area (Å²) in [6.07, 6.45) is 1.69. The Kier molecular flexibility index (Phi) is 8.49. The number of carbonyl (C=O) groups excluding carboxylic acids is 3. The molecule has 0 spiro atoms. The molecule has 1 aliphatic heterocycles. The van der Waals surface area contributed by atoms with Crippen LogP contribution in [0.5, 0.6) is 5.75 Å². The van der Waals surface area contributed by atoms with Crippen LogP contribution in [0.2, 0.25) is 0 Å². The molecule has 3 aromatic rings. The number of rotatable bonds is 9. The lowest BCUT2D eigenvalue weighted by Gasteiger charge is -2.32. The average molecular weight is 583 g/mol. The zero-order valence-electron chi connectivity index (χ0n) is 25.5. The summed E-state index contributed by atoms with van der Waals surface area (Å²) >= 11 is 0. The number of ether oxygens (including phenoxy) is 1. The summed E-state index contributed by atoms with van der Waals surface area (Å²) in [4.78, 5) is 43.0. The van der Waals surface area contributed by atoms with Crippen molar-refractivity contribution in [1.82, 2.24) is 35.1 Å². The van der Waals surface area contributed by atoms with Crippen LogP contribution >= 0.6 is 0 Å². The number of methoxy groups -OCH3 is 1. The van der Waals surface area contributed by atoms with Gasteiger partial charge in [-0.05, 0) is 43.3 Å². The third-order valence-electron chi connectivity index (χ3n) is 7.35. The Bertz CT molecular complexity index is 1550. The molecule has 13 nitrogen and oxygen atoms in total. The maximum absolute atomic E-state index is 13.3. The molecular weight excluding hydrogens is 547 g/mol. The van der Waals surface area contributed by atoms with Crippen LogP contribution in [-0.2, 0) is 11.8 Å². The van der Waals surface area contributed by atoms with E-state index in [1.807, 2.05) is 47.6 Å². The van der Waals surface area contributed by atoms with Crippen LogP contribution in [0.15, 0.2) is 30.3 Å². The Morgan fingerprint density at radius 1 is 1.00 bits per heavy atom. The highest BCUT2D eigenvalue weighted by Crippen LogP contribution is 2.38. The Balaban J connectivity index is 1.47. The van der Waals surface area contributed by atoms with E-state index in [9.17, 15) is 14.4 Å². The normalized spacial score (nSPS) is 15.6. The van der Waals surface area contributed by atoms with Crippen molar-refractivity contribution in [3.8, 4) is 17.0 Å². The van der Waals surface area contributed by atoms with E-state index in [1.54, 1.807) is 37.0 Å². The number of likely N-dealkylation sites (N-methyl/N-ethyl adjacent to an activating group) is 1. The number of para-hydroxylation sites is 1. The molecular formula is C27H36B3N9O4. The maximum Gasteiger partial charge on any atom is 0.272 e. The Labute approximate surface area is 253 Å². The molecule has 43 heavy (non-hydrogen) atoms. The van der Waals surface area contributed by atoms with Crippen LogP contribution in [-0.4, -0.2) is 117 Å². The second-order valence-electron chi connectivity index (χ2n) is 12.1.